The maximum atomic E-state index is 13.3. The monoisotopic (exact) mass is 453 g/mol. The molecule has 1 aromatic heterocycles. The molecular weight excluding hydrogens is 426 g/mol. The smallest absolute Gasteiger partial charge is 0.255 e. The zero-order valence-corrected chi connectivity index (χ0v) is 19.0. The van der Waals surface area contributed by atoms with Gasteiger partial charge in [0.05, 0.1) is 36.5 Å². The van der Waals surface area contributed by atoms with Crippen molar-refractivity contribution >= 4 is 16.8 Å². The predicted octanol–water partition coefficient (Wildman–Crippen LogP) is 4.83. The number of para-hydroxylation sites is 1. The number of aliphatic hydroxyl groups is 1. The summed E-state index contributed by atoms with van der Waals surface area (Å²) in [6.45, 7) is 2.30. The van der Waals surface area contributed by atoms with Crippen LogP contribution >= 0.6 is 0 Å². The molecule has 6 nitrogen and oxygen atoms in total. The van der Waals surface area contributed by atoms with Crippen molar-refractivity contribution in [1.82, 2.24) is 10.3 Å². The Morgan fingerprint density at radius 1 is 1.12 bits per heavy atom. The number of hydrogen-bond acceptors (Lipinski definition) is 4. The summed E-state index contributed by atoms with van der Waals surface area (Å²) in [5, 5.41) is 23.3. The van der Waals surface area contributed by atoms with Crippen molar-refractivity contribution in [3.63, 3.8) is 0 Å². The van der Waals surface area contributed by atoms with Gasteiger partial charge >= 0.3 is 0 Å². The average Bonchev–Trinajstić information content (AvgIpc) is 3.29. The van der Waals surface area contributed by atoms with Crippen molar-refractivity contribution in [3.8, 4) is 22.9 Å². The first-order valence-electron chi connectivity index (χ1n) is 11.4. The SMILES string of the molecule is CCCOc1ccc(-c2cccc(C#N)c2)cc1C(=O)NC(CO)Cc1c[nH]c2ccccc12. The number of aromatic nitrogens is 1. The van der Waals surface area contributed by atoms with Crippen LogP contribution in [-0.2, 0) is 6.42 Å². The Balaban J connectivity index is 1.60. The number of carbonyl (C=O) groups is 1. The lowest BCUT2D eigenvalue weighted by Gasteiger charge is -2.18. The number of H-pyrrole nitrogens is 1. The number of nitriles is 1. The van der Waals surface area contributed by atoms with Crippen LogP contribution < -0.4 is 10.1 Å². The van der Waals surface area contributed by atoms with Gasteiger partial charge in [0, 0.05) is 17.1 Å². The first-order chi connectivity index (χ1) is 16.6. The molecule has 3 aromatic carbocycles. The molecule has 172 valence electrons. The third-order valence-electron chi connectivity index (χ3n) is 5.71. The summed E-state index contributed by atoms with van der Waals surface area (Å²) in [4.78, 5) is 16.6. The number of hydrogen-bond donors (Lipinski definition) is 3. The van der Waals surface area contributed by atoms with Gasteiger partial charge in [0.1, 0.15) is 5.75 Å². The third-order valence-corrected chi connectivity index (χ3v) is 5.71. The molecule has 4 rings (SSSR count). The second kappa shape index (κ2) is 10.7. The molecule has 1 heterocycles. The minimum atomic E-state index is -0.462. The lowest BCUT2D eigenvalue weighted by Crippen LogP contribution is -2.39. The van der Waals surface area contributed by atoms with Crippen molar-refractivity contribution in [2.75, 3.05) is 13.2 Å². The van der Waals surface area contributed by atoms with Gasteiger partial charge in [0.2, 0.25) is 0 Å². The average molecular weight is 454 g/mol. The van der Waals surface area contributed by atoms with Gasteiger partial charge in [0.15, 0.2) is 0 Å². The number of nitrogens with zero attached hydrogens (tertiary/aromatic N) is 1. The maximum absolute atomic E-state index is 13.3. The van der Waals surface area contributed by atoms with E-state index in [1.54, 1.807) is 24.3 Å². The van der Waals surface area contributed by atoms with Gasteiger partial charge in [-0.3, -0.25) is 4.79 Å². The van der Waals surface area contributed by atoms with E-state index < -0.39 is 6.04 Å². The highest BCUT2D eigenvalue weighted by Gasteiger charge is 2.19. The molecule has 34 heavy (non-hydrogen) atoms. The molecule has 1 amide bonds. The van der Waals surface area contributed by atoms with Crippen LogP contribution in [0.2, 0.25) is 0 Å². The molecule has 0 fully saturated rings. The number of carbonyl (C=O) groups excluding carboxylic acids is 1. The number of rotatable bonds is 9. The second-order valence-corrected chi connectivity index (χ2v) is 8.17. The van der Waals surface area contributed by atoms with Crippen molar-refractivity contribution in [2.24, 2.45) is 0 Å². The fraction of sp³-hybridized carbons (Fsp3) is 0.214. The molecular formula is C28H27N3O3. The molecule has 3 N–H and O–H groups in total. The Morgan fingerprint density at radius 2 is 1.94 bits per heavy atom. The minimum Gasteiger partial charge on any atom is -0.493 e. The van der Waals surface area contributed by atoms with E-state index in [0.717, 1.165) is 34.0 Å². The predicted molar refractivity (Wildman–Crippen MR) is 133 cm³/mol. The number of nitrogens with one attached hydrogen (secondary N) is 2. The van der Waals surface area contributed by atoms with E-state index in [4.69, 9.17) is 4.74 Å². The standard InChI is InChI=1S/C28H27N3O3/c1-2-12-34-27-11-10-21(20-7-5-6-19(13-20)16-29)15-25(27)28(33)31-23(18-32)14-22-17-30-26-9-4-3-8-24(22)26/h3-11,13,15,17,23,30,32H,2,12,14,18H2,1H3,(H,31,33). The summed E-state index contributed by atoms with van der Waals surface area (Å²) in [5.74, 6) is 0.173. The van der Waals surface area contributed by atoms with Crippen LogP contribution in [0.5, 0.6) is 5.75 Å². The molecule has 0 aliphatic carbocycles. The maximum Gasteiger partial charge on any atom is 0.255 e. The van der Waals surface area contributed by atoms with Crippen LogP contribution in [0.3, 0.4) is 0 Å². The number of benzene rings is 3. The largest absolute Gasteiger partial charge is 0.493 e. The normalized spacial score (nSPS) is 11.7. The van der Waals surface area contributed by atoms with Crippen LogP contribution in [0, 0.1) is 11.3 Å². The van der Waals surface area contributed by atoms with Gasteiger partial charge in [-0.25, -0.2) is 0 Å². The van der Waals surface area contributed by atoms with E-state index >= 15 is 0 Å². The Labute approximate surface area is 198 Å². The van der Waals surface area contributed by atoms with Gasteiger partial charge in [-0.1, -0.05) is 43.3 Å². The number of amides is 1. The van der Waals surface area contributed by atoms with E-state index in [1.807, 2.05) is 55.6 Å². The fourth-order valence-corrected chi connectivity index (χ4v) is 3.98. The van der Waals surface area contributed by atoms with Crippen LogP contribution in [0.1, 0.15) is 34.8 Å². The Hall–Kier alpha value is -4.08. The molecule has 0 saturated carbocycles. The van der Waals surface area contributed by atoms with E-state index in [-0.39, 0.29) is 12.5 Å². The van der Waals surface area contributed by atoms with Crippen molar-refractivity contribution < 1.29 is 14.6 Å². The molecule has 4 aromatic rings. The molecule has 1 unspecified atom stereocenters. The Morgan fingerprint density at radius 3 is 2.74 bits per heavy atom. The van der Waals surface area contributed by atoms with E-state index in [9.17, 15) is 15.2 Å². The summed E-state index contributed by atoms with van der Waals surface area (Å²) >= 11 is 0. The molecule has 1 atom stereocenters. The topological polar surface area (TPSA) is 98.1 Å². The van der Waals surface area contributed by atoms with Gasteiger partial charge in [-0.2, -0.15) is 5.26 Å². The van der Waals surface area contributed by atoms with Crippen LogP contribution in [0.25, 0.3) is 22.0 Å². The number of ether oxygens (including phenoxy) is 1. The van der Waals surface area contributed by atoms with E-state index in [2.05, 4.69) is 16.4 Å². The third kappa shape index (κ3) is 5.11. The van der Waals surface area contributed by atoms with Crippen LogP contribution in [0.4, 0.5) is 0 Å². The van der Waals surface area contributed by atoms with Gasteiger partial charge < -0.3 is 20.1 Å². The highest BCUT2D eigenvalue weighted by molar-refractivity contribution is 5.98. The number of aromatic amines is 1. The second-order valence-electron chi connectivity index (χ2n) is 8.17. The van der Waals surface area contributed by atoms with Crippen molar-refractivity contribution in [3.05, 3.63) is 89.6 Å². The molecule has 0 aliphatic rings. The number of aliphatic hydroxyl groups excluding tert-OH is 1. The van der Waals surface area contributed by atoms with Crippen molar-refractivity contribution in [2.45, 2.75) is 25.8 Å². The molecule has 0 bridgehead atoms. The Kier molecular flexibility index (Phi) is 7.26. The lowest BCUT2D eigenvalue weighted by molar-refractivity contribution is 0.0912. The first-order valence-corrected chi connectivity index (χ1v) is 11.4. The van der Waals surface area contributed by atoms with Crippen molar-refractivity contribution in [1.29, 1.82) is 5.26 Å². The zero-order valence-electron chi connectivity index (χ0n) is 19.0. The van der Waals surface area contributed by atoms with E-state index in [0.29, 0.717) is 29.9 Å². The molecule has 6 heteroatoms. The summed E-state index contributed by atoms with van der Waals surface area (Å²) < 4.78 is 5.84. The fourth-order valence-electron chi connectivity index (χ4n) is 3.98. The minimum absolute atomic E-state index is 0.194. The summed E-state index contributed by atoms with van der Waals surface area (Å²) in [6, 6.07) is 22.3. The molecule has 0 spiro atoms. The molecule has 0 saturated heterocycles. The van der Waals surface area contributed by atoms with Gasteiger partial charge in [0.25, 0.3) is 5.91 Å². The van der Waals surface area contributed by atoms with Crippen LogP contribution in [0.15, 0.2) is 72.9 Å². The molecule has 0 radical (unpaired) electrons. The summed E-state index contributed by atoms with van der Waals surface area (Å²) in [6.07, 6.45) is 3.21. The van der Waals surface area contributed by atoms with E-state index in [1.165, 1.54) is 0 Å². The quantitative estimate of drug-likeness (QED) is 0.338. The zero-order chi connectivity index (χ0) is 23.9. The van der Waals surface area contributed by atoms with Crippen LogP contribution in [-0.4, -0.2) is 35.3 Å². The number of fused-ring (bicyclic) bond motifs is 1. The Bertz CT molecular complexity index is 1340. The summed E-state index contributed by atoms with van der Waals surface area (Å²) in [7, 11) is 0. The van der Waals surface area contributed by atoms with Gasteiger partial charge in [-0.05, 0) is 59.9 Å². The molecule has 0 aliphatic heterocycles. The highest BCUT2D eigenvalue weighted by atomic mass is 16.5. The lowest BCUT2D eigenvalue weighted by atomic mass is 10.00. The highest BCUT2D eigenvalue weighted by Crippen LogP contribution is 2.28. The first kappa shape index (κ1) is 23.1. The van der Waals surface area contributed by atoms with Gasteiger partial charge in [-0.15, -0.1) is 0 Å². The summed E-state index contributed by atoms with van der Waals surface area (Å²) in [5.41, 5.74) is 4.64.